The highest BCUT2D eigenvalue weighted by Crippen LogP contribution is 2.31. The fourth-order valence-electron chi connectivity index (χ4n) is 3.16. The van der Waals surface area contributed by atoms with E-state index >= 15 is 0 Å². The quantitative estimate of drug-likeness (QED) is 0.873. The maximum Gasteiger partial charge on any atom is 0.272 e. The predicted molar refractivity (Wildman–Crippen MR) is 103 cm³/mol. The minimum atomic E-state index is -3.68. The number of nitrogens with one attached hydrogen (secondary N) is 1. The molecule has 7 nitrogen and oxygen atoms in total. The van der Waals surface area contributed by atoms with E-state index in [0.717, 1.165) is 0 Å². The molecule has 1 amide bonds. The van der Waals surface area contributed by atoms with Gasteiger partial charge in [-0.25, -0.2) is 13.4 Å². The first-order valence-electron chi connectivity index (χ1n) is 8.99. The summed E-state index contributed by atoms with van der Waals surface area (Å²) in [6.07, 6.45) is 1.53. The zero-order valence-corrected chi connectivity index (χ0v) is 17.2. The van der Waals surface area contributed by atoms with E-state index in [1.807, 2.05) is 34.6 Å². The number of fused-ring (bicyclic) bond motifs is 3. The van der Waals surface area contributed by atoms with Gasteiger partial charge >= 0.3 is 0 Å². The Balaban J connectivity index is 2.18. The molecule has 1 aromatic heterocycles. The van der Waals surface area contributed by atoms with Crippen LogP contribution in [-0.2, 0) is 16.6 Å². The minimum Gasteiger partial charge on any atom is -0.346 e. The van der Waals surface area contributed by atoms with Crippen LogP contribution < -0.4 is 5.32 Å². The number of rotatable bonds is 3. The van der Waals surface area contributed by atoms with Crippen molar-refractivity contribution < 1.29 is 13.2 Å². The number of imidazole rings is 1. The summed E-state index contributed by atoms with van der Waals surface area (Å²) < 4.78 is 29.6. The standard InChI is InChI=1S/C19H26N4O3S/c1-13(2)10-22-11-15-17(18(24)21-19(3,4)5)20-12-23(15)14-8-6-7-9-16(14)27(22,25)26/h6-9,12-13H,10-11H2,1-5H3,(H,21,24). The van der Waals surface area contributed by atoms with Crippen LogP contribution in [0.5, 0.6) is 0 Å². The summed E-state index contributed by atoms with van der Waals surface area (Å²) in [4.78, 5) is 17.3. The van der Waals surface area contributed by atoms with Gasteiger partial charge in [0.2, 0.25) is 10.0 Å². The van der Waals surface area contributed by atoms with Gasteiger partial charge in [-0.1, -0.05) is 26.0 Å². The third-order valence-electron chi connectivity index (χ3n) is 4.21. The predicted octanol–water partition coefficient (Wildman–Crippen LogP) is 2.56. The van der Waals surface area contributed by atoms with Crippen LogP contribution in [0, 0.1) is 5.92 Å². The Bertz CT molecular complexity index is 971. The average Bonchev–Trinajstić information content (AvgIpc) is 2.92. The molecule has 0 atom stereocenters. The molecule has 0 spiro atoms. The third kappa shape index (κ3) is 3.77. The fourth-order valence-corrected chi connectivity index (χ4v) is 4.90. The number of para-hydroxylation sites is 1. The van der Waals surface area contributed by atoms with E-state index in [4.69, 9.17) is 0 Å². The second-order valence-corrected chi connectivity index (χ2v) is 10.2. The number of aromatic nitrogens is 2. The number of hydrogen-bond donors (Lipinski definition) is 1. The summed E-state index contributed by atoms with van der Waals surface area (Å²) in [7, 11) is -3.68. The van der Waals surface area contributed by atoms with Crippen LogP contribution in [0.1, 0.15) is 50.8 Å². The van der Waals surface area contributed by atoms with Crippen LogP contribution in [-0.4, -0.2) is 40.3 Å². The van der Waals surface area contributed by atoms with Gasteiger partial charge in [0.05, 0.1) is 17.9 Å². The highest BCUT2D eigenvalue weighted by molar-refractivity contribution is 7.89. The molecule has 0 radical (unpaired) electrons. The van der Waals surface area contributed by atoms with Crippen molar-refractivity contribution in [3.05, 3.63) is 42.0 Å². The Labute approximate surface area is 160 Å². The zero-order valence-electron chi connectivity index (χ0n) is 16.4. The van der Waals surface area contributed by atoms with Gasteiger partial charge in [-0.15, -0.1) is 0 Å². The number of hydrogen-bond acceptors (Lipinski definition) is 4. The van der Waals surface area contributed by atoms with Crippen molar-refractivity contribution in [3.8, 4) is 5.69 Å². The molecule has 3 rings (SSSR count). The van der Waals surface area contributed by atoms with Crippen molar-refractivity contribution in [1.29, 1.82) is 0 Å². The molecule has 1 aliphatic rings. The number of nitrogens with zero attached hydrogens (tertiary/aromatic N) is 3. The van der Waals surface area contributed by atoms with E-state index in [1.54, 1.807) is 28.8 Å². The zero-order chi connectivity index (χ0) is 20.0. The minimum absolute atomic E-state index is 0.0993. The van der Waals surface area contributed by atoms with Crippen molar-refractivity contribution >= 4 is 15.9 Å². The van der Waals surface area contributed by atoms with Gasteiger partial charge in [-0.05, 0) is 38.8 Å². The molecule has 1 aromatic carbocycles. The van der Waals surface area contributed by atoms with E-state index in [9.17, 15) is 13.2 Å². The molecule has 1 aliphatic heterocycles. The summed E-state index contributed by atoms with van der Waals surface area (Å²) in [5.41, 5.74) is 0.928. The molecular formula is C19H26N4O3S. The second kappa shape index (κ2) is 6.76. The van der Waals surface area contributed by atoms with E-state index in [1.165, 1.54) is 10.6 Å². The number of sulfonamides is 1. The van der Waals surface area contributed by atoms with Gasteiger partial charge in [0, 0.05) is 12.1 Å². The number of benzene rings is 1. The van der Waals surface area contributed by atoms with Crippen molar-refractivity contribution in [1.82, 2.24) is 19.2 Å². The summed E-state index contributed by atoms with van der Waals surface area (Å²) in [6.45, 7) is 10.1. The second-order valence-electron chi connectivity index (χ2n) is 8.27. The summed E-state index contributed by atoms with van der Waals surface area (Å²) >= 11 is 0. The van der Waals surface area contributed by atoms with Gasteiger partial charge in [0.1, 0.15) is 11.2 Å². The van der Waals surface area contributed by atoms with Crippen LogP contribution in [0.2, 0.25) is 0 Å². The van der Waals surface area contributed by atoms with Crippen molar-refractivity contribution in [2.45, 2.75) is 51.6 Å². The summed E-state index contributed by atoms with van der Waals surface area (Å²) in [5, 5.41) is 2.91. The molecular weight excluding hydrogens is 364 g/mol. The third-order valence-corrected chi connectivity index (χ3v) is 6.07. The Morgan fingerprint density at radius 3 is 2.56 bits per heavy atom. The largest absolute Gasteiger partial charge is 0.346 e. The maximum absolute atomic E-state index is 13.2. The van der Waals surface area contributed by atoms with Gasteiger partial charge in [0.25, 0.3) is 5.91 Å². The van der Waals surface area contributed by atoms with Crippen LogP contribution in [0.3, 0.4) is 0 Å². The molecule has 8 heteroatoms. The molecule has 0 saturated carbocycles. The molecule has 0 bridgehead atoms. The molecule has 27 heavy (non-hydrogen) atoms. The van der Waals surface area contributed by atoms with Crippen LogP contribution in [0.4, 0.5) is 0 Å². The molecule has 0 fully saturated rings. The number of carbonyl (C=O) groups excluding carboxylic acids is 1. The van der Waals surface area contributed by atoms with E-state index in [0.29, 0.717) is 17.9 Å². The molecule has 0 saturated heterocycles. The van der Waals surface area contributed by atoms with E-state index in [2.05, 4.69) is 10.3 Å². The lowest BCUT2D eigenvalue weighted by Crippen LogP contribution is -2.41. The van der Waals surface area contributed by atoms with Crippen LogP contribution in [0.15, 0.2) is 35.5 Å². The van der Waals surface area contributed by atoms with Gasteiger partial charge < -0.3 is 5.32 Å². The van der Waals surface area contributed by atoms with E-state index in [-0.39, 0.29) is 29.0 Å². The highest BCUT2D eigenvalue weighted by atomic mass is 32.2. The first-order chi connectivity index (χ1) is 12.5. The average molecular weight is 391 g/mol. The van der Waals surface area contributed by atoms with Gasteiger partial charge in [-0.2, -0.15) is 4.31 Å². The van der Waals surface area contributed by atoms with Crippen molar-refractivity contribution in [3.63, 3.8) is 0 Å². The first kappa shape index (κ1) is 19.6. The molecule has 0 unspecified atom stereocenters. The topological polar surface area (TPSA) is 84.3 Å². The van der Waals surface area contributed by atoms with Crippen LogP contribution >= 0.6 is 0 Å². The lowest BCUT2D eigenvalue weighted by Gasteiger charge is -2.23. The van der Waals surface area contributed by atoms with Crippen LogP contribution in [0.25, 0.3) is 5.69 Å². The Kier molecular flexibility index (Phi) is 4.90. The molecule has 2 heterocycles. The fraction of sp³-hybridized carbons (Fsp3) is 0.474. The Hall–Kier alpha value is -2.19. The lowest BCUT2D eigenvalue weighted by molar-refractivity contribution is 0.0913. The monoisotopic (exact) mass is 390 g/mol. The Morgan fingerprint density at radius 2 is 1.93 bits per heavy atom. The molecule has 2 aromatic rings. The van der Waals surface area contributed by atoms with Crippen molar-refractivity contribution in [2.75, 3.05) is 6.54 Å². The normalized spacial score (nSPS) is 16.5. The Morgan fingerprint density at radius 1 is 1.26 bits per heavy atom. The van der Waals surface area contributed by atoms with Gasteiger partial charge in [0.15, 0.2) is 5.69 Å². The van der Waals surface area contributed by atoms with Crippen molar-refractivity contribution in [2.24, 2.45) is 5.92 Å². The van der Waals surface area contributed by atoms with Gasteiger partial charge in [-0.3, -0.25) is 9.36 Å². The SMILES string of the molecule is CC(C)CN1Cc2c(C(=O)NC(C)(C)C)ncn2-c2ccccc2S1(=O)=O. The number of carbonyl (C=O) groups is 1. The smallest absolute Gasteiger partial charge is 0.272 e. The molecule has 1 N–H and O–H groups in total. The highest BCUT2D eigenvalue weighted by Gasteiger charge is 2.35. The molecule has 0 aliphatic carbocycles. The maximum atomic E-state index is 13.2. The first-order valence-corrected chi connectivity index (χ1v) is 10.4. The summed E-state index contributed by atoms with van der Waals surface area (Å²) in [6, 6.07) is 6.83. The van der Waals surface area contributed by atoms with E-state index < -0.39 is 15.6 Å². The lowest BCUT2D eigenvalue weighted by atomic mass is 10.1. The number of amides is 1. The molecule has 146 valence electrons. The summed E-state index contributed by atoms with van der Waals surface area (Å²) in [5.74, 6) is -0.161.